The van der Waals surface area contributed by atoms with Gasteiger partial charge in [0.1, 0.15) is 6.61 Å². The molecule has 0 saturated carbocycles. The highest BCUT2D eigenvalue weighted by Crippen LogP contribution is 2.09. The Bertz CT molecular complexity index is 395. The predicted molar refractivity (Wildman–Crippen MR) is 52.8 cm³/mol. The quantitative estimate of drug-likeness (QED) is 0.732. The lowest BCUT2D eigenvalue weighted by atomic mass is 10.2. The number of aromatic nitrogens is 2. The molecular weight excluding hydrogens is 176 g/mol. The van der Waals surface area contributed by atoms with Crippen molar-refractivity contribution in [2.75, 3.05) is 0 Å². The van der Waals surface area contributed by atoms with Gasteiger partial charge in [0.2, 0.25) is 5.88 Å². The number of hydrogen-bond acceptors (Lipinski definition) is 2. The van der Waals surface area contributed by atoms with Crippen LogP contribution < -0.4 is 4.74 Å². The van der Waals surface area contributed by atoms with Crippen LogP contribution in [-0.2, 0) is 13.7 Å². The van der Waals surface area contributed by atoms with E-state index in [-0.39, 0.29) is 0 Å². The Morgan fingerprint density at radius 3 is 2.79 bits per heavy atom. The normalized spacial score (nSPS) is 10.1. The Hall–Kier alpha value is -1.77. The Morgan fingerprint density at radius 1 is 1.36 bits per heavy atom. The summed E-state index contributed by atoms with van der Waals surface area (Å²) in [5, 5.41) is 3.97. The lowest BCUT2D eigenvalue weighted by molar-refractivity contribution is 0.278. The van der Waals surface area contributed by atoms with Crippen LogP contribution in [0.5, 0.6) is 5.88 Å². The standard InChI is InChI=1S/C11H11N2O/c1-13-11(7-8-12-13)14-9-10-5-3-2-4-6-10/h2-6,8H,9H2,1H3. The number of ether oxygens (including phenoxy) is 1. The summed E-state index contributed by atoms with van der Waals surface area (Å²) < 4.78 is 7.16. The second-order valence-electron chi connectivity index (χ2n) is 2.99. The molecule has 1 radical (unpaired) electrons. The first-order valence-corrected chi connectivity index (χ1v) is 4.42. The third-order valence-electron chi connectivity index (χ3n) is 1.93. The third kappa shape index (κ3) is 1.93. The molecular formula is C11H11N2O. The Morgan fingerprint density at radius 2 is 2.14 bits per heavy atom. The summed E-state index contributed by atoms with van der Waals surface area (Å²) in [6.45, 7) is 0.552. The van der Waals surface area contributed by atoms with Gasteiger partial charge in [-0.3, -0.25) is 0 Å². The Kier molecular flexibility index (Phi) is 2.49. The molecule has 14 heavy (non-hydrogen) atoms. The summed E-state index contributed by atoms with van der Waals surface area (Å²) in [6, 6.07) is 12.9. The minimum absolute atomic E-state index is 0.552. The molecule has 71 valence electrons. The highest BCUT2D eigenvalue weighted by Gasteiger charge is 1.99. The number of aryl methyl sites for hydroxylation is 1. The first-order chi connectivity index (χ1) is 6.86. The Balaban J connectivity index is 1.99. The first-order valence-electron chi connectivity index (χ1n) is 4.42. The second-order valence-corrected chi connectivity index (χ2v) is 2.99. The van der Waals surface area contributed by atoms with Crippen molar-refractivity contribution >= 4 is 0 Å². The van der Waals surface area contributed by atoms with Crippen molar-refractivity contribution in [1.29, 1.82) is 0 Å². The van der Waals surface area contributed by atoms with Crippen LogP contribution in [-0.4, -0.2) is 9.78 Å². The van der Waals surface area contributed by atoms with E-state index in [4.69, 9.17) is 4.74 Å². The van der Waals surface area contributed by atoms with E-state index in [0.717, 1.165) is 5.56 Å². The van der Waals surface area contributed by atoms with Crippen molar-refractivity contribution in [2.45, 2.75) is 6.61 Å². The van der Waals surface area contributed by atoms with Crippen molar-refractivity contribution in [3.8, 4) is 5.88 Å². The molecule has 0 fully saturated rings. The van der Waals surface area contributed by atoms with Crippen molar-refractivity contribution in [2.24, 2.45) is 7.05 Å². The number of hydrogen-bond donors (Lipinski definition) is 0. The topological polar surface area (TPSA) is 27.1 Å². The van der Waals surface area contributed by atoms with Gasteiger partial charge in [0, 0.05) is 7.05 Å². The van der Waals surface area contributed by atoms with Gasteiger partial charge in [-0.15, -0.1) is 0 Å². The second kappa shape index (κ2) is 3.96. The minimum atomic E-state index is 0.552. The maximum Gasteiger partial charge on any atom is 0.220 e. The number of rotatable bonds is 3. The predicted octanol–water partition coefficient (Wildman–Crippen LogP) is 1.80. The van der Waals surface area contributed by atoms with Crippen LogP contribution in [0.1, 0.15) is 5.56 Å². The maximum absolute atomic E-state index is 5.51. The fourth-order valence-electron chi connectivity index (χ4n) is 1.18. The zero-order valence-corrected chi connectivity index (χ0v) is 7.97. The van der Waals surface area contributed by atoms with Gasteiger partial charge in [-0.2, -0.15) is 5.10 Å². The third-order valence-corrected chi connectivity index (χ3v) is 1.93. The summed E-state index contributed by atoms with van der Waals surface area (Å²) >= 11 is 0. The van der Waals surface area contributed by atoms with E-state index >= 15 is 0 Å². The van der Waals surface area contributed by atoms with Gasteiger partial charge in [0.15, 0.2) is 0 Å². The van der Waals surface area contributed by atoms with Crippen LogP contribution in [0.4, 0.5) is 0 Å². The highest BCUT2D eigenvalue weighted by molar-refractivity contribution is 5.15. The summed E-state index contributed by atoms with van der Waals surface area (Å²) in [7, 11) is 1.83. The zero-order chi connectivity index (χ0) is 9.80. The number of nitrogens with zero attached hydrogens (tertiary/aromatic N) is 2. The van der Waals surface area contributed by atoms with E-state index in [0.29, 0.717) is 12.5 Å². The molecule has 0 atom stereocenters. The average Bonchev–Trinajstić information content (AvgIpc) is 2.63. The maximum atomic E-state index is 5.51. The van der Waals surface area contributed by atoms with Crippen LogP contribution in [0.15, 0.2) is 36.5 Å². The summed E-state index contributed by atoms with van der Waals surface area (Å²) in [5.74, 6) is 0.661. The molecule has 0 spiro atoms. The average molecular weight is 187 g/mol. The van der Waals surface area contributed by atoms with Gasteiger partial charge >= 0.3 is 0 Å². The Labute approximate surface area is 82.9 Å². The molecule has 3 nitrogen and oxygen atoms in total. The van der Waals surface area contributed by atoms with Crippen molar-refractivity contribution < 1.29 is 4.74 Å². The molecule has 1 heterocycles. The molecule has 0 aliphatic rings. The molecule has 0 amide bonds. The lowest BCUT2D eigenvalue weighted by Crippen LogP contribution is -2.00. The molecule has 0 saturated heterocycles. The van der Waals surface area contributed by atoms with E-state index in [2.05, 4.69) is 11.2 Å². The molecule has 0 aliphatic carbocycles. The molecule has 3 heteroatoms. The smallest absolute Gasteiger partial charge is 0.220 e. The number of benzene rings is 1. The van der Waals surface area contributed by atoms with E-state index in [1.165, 1.54) is 0 Å². The molecule has 2 aromatic rings. The molecule has 1 aromatic carbocycles. The first kappa shape index (κ1) is 8.81. The van der Waals surface area contributed by atoms with Crippen LogP contribution in [0.3, 0.4) is 0 Å². The van der Waals surface area contributed by atoms with Crippen LogP contribution >= 0.6 is 0 Å². The summed E-state index contributed by atoms with van der Waals surface area (Å²) in [4.78, 5) is 0. The SMILES string of the molecule is Cn1nc[c]c1OCc1ccccc1. The van der Waals surface area contributed by atoms with Gasteiger partial charge in [0.25, 0.3) is 0 Å². The monoisotopic (exact) mass is 187 g/mol. The molecule has 0 aliphatic heterocycles. The van der Waals surface area contributed by atoms with E-state index < -0.39 is 0 Å². The fraction of sp³-hybridized carbons (Fsp3) is 0.182. The van der Waals surface area contributed by atoms with Gasteiger partial charge in [0.05, 0.1) is 12.3 Å². The van der Waals surface area contributed by atoms with E-state index in [1.54, 1.807) is 10.9 Å². The minimum Gasteiger partial charge on any atom is -0.473 e. The largest absolute Gasteiger partial charge is 0.473 e. The van der Waals surface area contributed by atoms with Gasteiger partial charge in [-0.1, -0.05) is 30.3 Å². The summed E-state index contributed by atoms with van der Waals surface area (Å²) in [6.07, 6.45) is 1.60. The van der Waals surface area contributed by atoms with Crippen molar-refractivity contribution in [3.63, 3.8) is 0 Å². The van der Waals surface area contributed by atoms with E-state index in [9.17, 15) is 0 Å². The molecule has 0 N–H and O–H groups in total. The summed E-state index contributed by atoms with van der Waals surface area (Å²) in [5.41, 5.74) is 1.14. The molecule has 0 unspecified atom stereocenters. The van der Waals surface area contributed by atoms with Crippen molar-refractivity contribution in [3.05, 3.63) is 48.2 Å². The van der Waals surface area contributed by atoms with Gasteiger partial charge < -0.3 is 4.74 Å². The molecule has 2 rings (SSSR count). The van der Waals surface area contributed by atoms with Crippen LogP contribution in [0.2, 0.25) is 0 Å². The molecule has 0 bridgehead atoms. The van der Waals surface area contributed by atoms with Gasteiger partial charge in [-0.25, -0.2) is 4.68 Å². The lowest BCUT2D eigenvalue weighted by Gasteiger charge is -2.04. The fourth-order valence-corrected chi connectivity index (χ4v) is 1.18. The van der Waals surface area contributed by atoms with Crippen LogP contribution in [0.25, 0.3) is 0 Å². The highest BCUT2D eigenvalue weighted by atomic mass is 16.5. The zero-order valence-electron chi connectivity index (χ0n) is 7.97. The van der Waals surface area contributed by atoms with Crippen molar-refractivity contribution in [1.82, 2.24) is 9.78 Å². The van der Waals surface area contributed by atoms with E-state index in [1.807, 2.05) is 37.4 Å². The van der Waals surface area contributed by atoms with Gasteiger partial charge in [-0.05, 0) is 5.56 Å². The van der Waals surface area contributed by atoms with Crippen LogP contribution in [0, 0.1) is 6.07 Å². The molecule has 1 aromatic heterocycles.